The fraction of sp³-hybridized carbons (Fsp3) is 0.214. The molecule has 3 N–H and O–H groups in total. The minimum absolute atomic E-state index is 0.340. The maximum atomic E-state index is 12.6. The molecule has 2 aromatic heterocycles. The third kappa shape index (κ3) is 6.15. The Morgan fingerprint density at radius 1 is 0.897 bits per heavy atom. The van der Waals surface area contributed by atoms with Crippen LogP contribution in [0.5, 0.6) is 5.75 Å². The van der Waals surface area contributed by atoms with E-state index in [2.05, 4.69) is 30.9 Å². The lowest BCUT2D eigenvalue weighted by Crippen LogP contribution is -2.36. The van der Waals surface area contributed by atoms with Gasteiger partial charge in [-0.15, -0.1) is 0 Å². The van der Waals surface area contributed by atoms with Gasteiger partial charge in [-0.1, -0.05) is 12.1 Å². The number of anilines is 5. The molecular weight excluding hydrogens is 516 g/mol. The van der Waals surface area contributed by atoms with Gasteiger partial charge in [0.25, 0.3) is 0 Å². The van der Waals surface area contributed by atoms with Crippen LogP contribution in [-0.4, -0.2) is 40.3 Å². The molecule has 0 saturated heterocycles. The van der Waals surface area contributed by atoms with Crippen LogP contribution in [0.25, 0.3) is 0 Å². The number of amides is 1. The lowest BCUT2D eigenvalue weighted by atomic mass is 10.2. The van der Waals surface area contributed by atoms with Gasteiger partial charge in [-0.3, -0.25) is 9.78 Å². The van der Waals surface area contributed by atoms with Crippen molar-refractivity contribution in [2.75, 3.05) is 22.2 Å². The highest BCUT2D eigenvalue weighted by Gasteiger charge is 2.58. The molecule has 1 amide bonds. The Morgan fingerprint density at radius 3 is 2.26 bits per heavy atom. The second-order valence-corrected chi connectivity index (χ2v) is 11.8. The van der Waals surface area contributed by atoms with Crippen molar-refractivity contribution in [1.82, 2.24) is 15.0 Å². The SMILES string of the molecule is Cc1cc(Nc2cc(Nc3cccc(NC(=O)C4(S(C)(=O)=O)CC4)c3)ncn2)ccc1OCc1ccccn1. The van der Waals surface area contributed by atoms with E-state index in [4.69, 9.17) is 4.74 Å². The number of hydrogen-bond donors (Lipinski definition) is 3. The number of sulfone groups is 1. The van der Waals surface area contributed by atoms with Gasteiger partial charge in [0.15, 0.2) is 14.6 Å². The molecule has 0 spiro atoms. The van der Waals surface area contributed by atoms with Crippen molar-refractivity contribution in [3.63, 3.8) is 0 Å². The predicted molar refractivity (Wildman–Crippen MR) is 150 cm³/mol. The fourth-order valence-corrected chi connectivity index (χ4v) is 5.35. The molecule has 39 heavy (non-hydrogen) atoms. The van der Waals surface area contributed by atoms with Crippen molar-refractivity contribution in [1.29, 1.82) is 0 Å². The number of nitrogens with zero attached hydrogens (tertiary/aromatic N) is 3. The number of aryl methyl sites for hydroxylation is 1. The van der Waals surface area contributed by atoms with Crippen LogP contribution in [0.2, 0.25) is 0 Å². The van der Waals surface area contributed by atoms with E-state index < -0.39 is 20.5 Å². The standard InChI is InChI=1S/C28H28N6O4S/c1-19-14-22(9-10-24(19)38-17-23-6-3-4-13-29-23)33-26-16-25(30-18-31-26)32-20-7-5-8-21(15-20)34-27(35)28(11-12-28)39(2,36)37/h3-10,13-16,18H,11-12,17H2,1-2H3,(H,34,35)(H2,30,31,32,33). The lowest BCUT2D eigenvalue weighted by Gasteiger charge is -2.14. The molecule has 200 valence electrons. The van der Waals surface area contributed by atoms with E-state index in [9.17, 15) is 13.2 Å². The number of benzene rings is 2. The molecule has 1 aliphatic rings. The van der Waals surface area contributed by atoms with Crippen LogP contribution in [0.4, 0.5) is 28.7 Å². The maximum absolute atomic E-state index is 12.6. The topological polar surface area (TPSA) is 135 Å². The molecule has 1 fully saturated rings. The summed E-state index contributed by atoms with van der Waals surface area (Å²) in [5.74, 6) is 1.40. The number of rotatable bonds is 10. The quantitative estimate of drug-likeness (QED) is 0.258. The van der Waals surface area contributed by atoms with Crippen LogP contribution < -0.4 is 20.7 Å². The van der Waals surface area contributed by atoms with E-state index in [1.165, 1.54) is 6.33 Å². The van der Waals surface area contributed by atoms with Crippen molar-refractivity contribution in [3.05, 3.63) is 90.5 Å². The summed E-state index contributed by atoms with van der Waals surface area (Å²) in [6.45, 7) is 2.36. The highest BCUT2D eigenvalue weighted by atomic mass is 32.2. The number of hydrogen-bond acceptors (Lipinski definition) is 9. The summed E-state index contributed by atoms with van der Waals surface area (Å²) in [6.07, 6.45) is 4.96. The van der Waals surface area contributed by atoms with Crippen LogP contribution in [0.1, 0.15) is 24.1 Å². The summed E-state index contributed by atoms with van der Waals surface area (Å²) in [5.41, 5.74) is 3.83. The number of nitrogens with one attached hydrogen (secondary N) is 3. The van der Waals surface area contributed by atoms with Gasteiger partial charge in [-0.05, 0) is 73.9 Å². The van der Waals surface area contributed by atoms with Crippen molar-refractivity contribution in [2.24, 2.45) is 0 Å². The molecule has 1 aliphatic carbocycles. The van der Waals surface area contributed by atoms with Crippen molar-refractivity contribution >= 4 is 44.4 Å². The average Bonchev–Trinajstić information content (AvgIpc) is 3.72. The Hall–Kier alpha value is -4.51. The van der Waals surface area contributed by atoms with Crippen molar-refractivity contribution in [3.8, 4) is 5.75 Å². The highest BCUT2D eigenvalue weighted by molar-refractivity contribution is 7.93. The lowest BCUT2D eigenvalue weighted by molar-refractivity contribution is -0.116. The molecule has 0 radical (unpaired) electrons. The molecule has 0 bridgehead atoms. The first kappa shape index (κ1) is 26.1. The van der Waals surface area contributed by atoms with E-state index in [1.54, 1.807) is 30.5 Å². The van der Waals surface area contributed by atoms with E-state index in [0.717, 1.165) is 29.0 Å². The van der Waals surface area contributed by atoms with Crippen LogP contribution in [0, 0.1) is 6.92 Å². The molecular formula is C28H28N6O4S. The Morgan fingerprint density at radius 2 is 1.62 bits per heavy atom. The molecule has 1 saturated carbocycles. The summed E-state index contributed by atoms with van der Waals surface area (Å²) in [6, 6.07) is 20.3. The zero-order valence-corrected chi connectivity index (χ0v) is 22.3. The van der Waals surface area contributed by atoms with Crippen LogP contribution >= 0.6 is 0 Å². The maximum Gasteiger partial charge on any atom is 0.245 e. The third-order valence-electron chi connectivity index (χ3n) is 6.44. The molecule has 0 atom stereocenters. The minimum atomic E-state index is -3.48. The van der Waals surface area contributed by atoms with E-state index in [0.29, 0.717) is 42.5 Å². The smallest absolute Gasteiger partial charge is 0.245 e. The average molecular weight is 545 g/mol. The van der Waals surface area contributed by atoms with Gasteiger partial charge in [0.1, 0.15) is 30.3 Å². The molecule has 0 aliphatic heterocycles. The summed E-state index contributed by atoms with van der Waals surface area (Å²) >= 11 is 0. The first-order valence-corrected chi connectivity index (χ1v) is 14.2. The normalized spacial score (nSPS) is 13.8. The number of carbonyl (C=O) groups excluding carboxylic acids is 1. The third-order valence-corrected chi connectivity index (χ3v) is 8.45. The highest BCUT2D eigenvalue weighted by Crippen LogP contribution is 2.44. The summed E-state index contributed by atoms with van der Waals surface area (Å²) in [4.78, 5) is 25.5. The zero-order valence-electron chi connectivity index (χ0n) is 21.5. The Balaban J connectivity index is 1.22. The van der Waals surface area contributed by atoms with E-state index in [1.807, 2.05) is 49.4 Å². The molecule has 2 aromatic carbocycles. The molecule has 4 aromatic rings. The Labute approximate surface area is 226 Å². The summed E-state index contributed by atoms with van der Waals surface area (Å²) in [7, 11) is -3.48. The largest absolute Gasteiger partial charge is 0.487 e. The van der Waals surface area contributed by atoms with Crippen LogP contribution in [0.15, 0.2) is 79.3 Å². The van der Waals surface area contributed by atoms with E-state index in [-0.39, 0.29) is 0 Å². The summed E-state index contributed by atoms with van der Waals surface area (Å²) < 4.78 is 28.7. The number of ether oxygens (including phenoxy) is 1. The monoisotopic (exact) mass is 544 g/mol. The Kier molecular flexibility index (Phi) is 7.16. The fourth-order valence-electron chi connectivity index (χ4n) is 4.11. The second-order valence-electron chi connectivity index (χ2n) is 9.43. The van der Waals surface area contributed by atoms with Crippen LogP contribution in [-0.2, 0) is 21.2 Å². The molecule has 5 rings (SSSR count). The van der Waals surface area contributed by atoms with E-state index >= 15 is 0 Å². The minimum Gasteiger partial charge on any atom is -0.487 e. The van der Waals surface area contributed by atoms with Gasteiger partial charge in [-0.25, -0.2) is 18.4 Å². The predicted octanol–water partition coefficient (Wildman–Crippen LogP) is 4.76. The number of pyridine rings is 1. The van der Waals surface area contributed by atoms with Gasteiger partial charge in [0, 0.05) is 35.6 Å². The van der Waals surface area contributed by atoms with Crippen molar-refractivity contribution in [2.45, 2.75) is 31.1 Å². The van der Waals surface area contributed by atoms with Gasteiger partial charge < -0.3 is 20.7 Å². The first-order valence-electron chi connectivity index (χ1n) is 12.3. The first-order chi connectivity index (χ1) is 18.7. The number of carbonyl (C=O) groups is 1. The zero-order chi connectivity index (χ0) is 27.5. The van der Waals surface area contributed by atoms with Crippen molar-refractivity contribution < 1.29 is 17.9 Å². The number of aromatic nitrogens is 3. The molecule has 10 nitrogen and oxygen atoms in total. The van der Waals surface area contributed by atoms with Crippen LogP contribution in [0.3, 0.4) is 0 Å². The van der Waals surface area contributed by atoms with Gasteiger partial charge >= 0.3 is 0 Å². The van der Waals surface area contributed by atoms with Gasteiger partial charge in [0.2, 0.25) is 5.91 Å². The molecule has 2 heterocycles. The van der Waals surface area contributed by atoms with Gasteiger partial charge in [0.05, 0.1) is 5.69 Å². The summed E-state index contributed by atoms with van der Waals surface area (Å²) in [5, 5.41) is 9.20. The van der Waals surface area contributed by atoms with Gasteiger partial charge in [-0.2, -0.15) is 0 Å². The second kappa shape index (κ2) is 10.7. The molecule has 0 unspecified atom stereocenters. The molecule has 11 heteroatoms. The Bertz CT molecular complexity index is 1610.